The molecule has 0 aliphatic carbocycles. The van der Waals surface area contributed by atoms with E-state index in [-0.39, 0.29) is 5.91 Å². The van der Waals surface area contributed by atoms with Gasteiger partial charge in [0.15, 0.2) is 0 Å². The van der Waals surface area contributed by atoms with E-state index in [1.807, 2.05) is 17.0 Å². The zero-order valence-corrected chi connectivity index (χ0v) is 14.3. The van der Waals surface area contributed by atoms with E-state index >= 15 is 0 Å². The van der Waals surface area contributed by atoms with E-state index in [9.17, 15) is 4.79 Å². The van der Waals surface area contributed by atoms with Gasteiger partial charge in [-0.2, -0.15) is 0 Å². The van der Waals surface area contributed by atoms with Crippen LogP contribution < -0.4 is 5.73 Å². The molecule has 1 aromatic rings. The van der Waals surface area contributed by atoms with Gasteiger partial charge < -0.3 is 15.5 Å². The van der Waals surface area contributed by atoms with Gasteiger partial charge in [-0.25, -0.2) is 0 Å². The fraction of sp³-hybridized carbons (Fsp3) is 0.533. The highest BCUT2D eigenvalue weighted by atomic mass is 79.9. The zero-order chi connectivity index (χ0) is 15.4. The number of nitrogen functional groups attached to an aromatic ring is 1. The molecule has 0 unspecified atom stereocenters. The van der Waals surface area contributed by atoms with Gasteiger partial charge in [0.2, 0.25) is 0 Å². The Morgan fingerprint density at radius 2 is 1.95 bits per heavy atom. The van der Waals surface area contributed by atoms with E-state index < -0.39 is 0 Å². The molecule has 5 nitrogen and oxygen atoms in total. The van der Waals surface area contributed by atoms with Crippen molar-refractivity contribution < 1.29 is 4.79 Å². The third-order valence-electron chi connectivity index (χ3n) is 3.77. The number of nitrogens with two attached hydrogens (primary N) is 1. The summed E-state index contributed by atoms with van der Waals surface area (Å²) in [6.45, 7) is 5.54. The molecule has 21 heavy (non-hydrogen) atoms. The predicted molar refractivity (Wildman–Crippen MR) is 89.5 cm³/mol. The normalized spacial score (nSPS) is 16.5. The number of hydrogen-bond donors (Lipinski definition) is 1. The van der Waals surface area contributed by atoms with Crippen LogP contribution in [0.5, 0.6) is 0 Å². The molecule has 1 amide bonds. The minimum atomic E-state index is 0.0708. The van der Waals surface area contributed by atoms with Gasteiger partial charge in [-0.15, -0.1) is 0 Å². The topological polar surface area (TPSA) is 52.8 Å². The maximum absolute atomic E-state index is 12.5. The van der Waals surface area contributed by atoms with Gasteiger partial charge in [-0.05, 0) is 48.2 Å². The average molecular weight is 355 g/mol. The number of halogens is 1. The predicted octanol–water partition coefficient (Wildman–Crippen LogP) is 1.35. The van der Waals surface area contributed by atoms with Gasteiger partial charge in [0.05, 0.1) is 0 Å². The summed E-state index contributed by atoms with van der Waals surface area (Å²) in [5, 5.41) is 0. The number of hydrogen-bond acceptors (Lipinski definition) is 4. The Hall–Kier alpha value is -1.11. The van der Waals surface area contributed by atoms with Crippen LogP contribution in [0.2, 0.25) is 0 Å². The lowest BCUT2D eigenvalue weighted by Crippen LogP contribution is -2.50. The minimum Gasteiger partial charge on any atom is -0.398 e. The summed E-state index contributed by atoms with van der Waals surface area (Å²) in [6, 6.07) is 5.39. The van der Waals surface area contributed by atoms with Crippen LogP contribution in [0.15, 0.2) is 22.7 Å². The lowest BCUT2D eigenvalue weighted by atomic mass is 10.1. The van der Waals surface area contributed by atoms with Gasteiger partial charge in [-0.3, -0.25) is 9.69 Å². The largest absolute Gasteiger partial charge is 0.398 e. The molecule has 2 rings (SSSR count). The highest BCUT2D eigenvalue weighted by Gasteiger charge is 2.22. The molecule has 1 aliphatic heterocycles. The zero-order valence-electron chi connectivity index (χ0n) is 12.7. The molecule has 0 aromatic heterocycles. The molecule has 1 aromatic carbocycles. The fourth-order valence-electron chi connectivity index (χ4n) is 2.38. The van der Waals surface area contributed by atoms with Crippen LogP contribution in [0.1, 0.15) is 10.4 Å². The number of likely N-dealkylation sites (N-methyl/N-ethyl adjacent to an activating group) is 1. The molecule has 0 bridgehead atoms. The van der Waals surface area contributed by atoms with Crippen molar-refractivity contribution in [3.05, 3.63) is 28.2 Å². The molecular formula is C15H23BrN4O. The van der Waals surface area contributed by atoms with E-state index in [1.165, 1.54) is 0 Å². The Kier molecular flexibility index (Phi) is 5.61. The van der Waals surface area contributed by atoms with Gasteiger partial charge in [0.1, 0.15) is 0 Å². The van der Waals surface area contributed by atoms with Gasteiger partial charge >= 0.3 is 0 Å². The van der Waals surface area contributed by atoms with Crippen molar-refractivity contribution in [3.8, 4) is 0 Å². The fourth-order valence-corrected chi connectivity index (χ4v) is 2.62. The van der Waals surface area contributed by atoms with Crippen LogP contribution in [0.4, 0.5) is 5.69 Å². The van der Waals surface area contributed by atoms with E-state index in [0.29, 0.717) is 11.3 Å². The van der Waals surface area contributed by atoms with Crippen LogP contribution in [0, 0.1) is 0 Å². The molecule has 1 aliphatic rings. The van der Waals surface area contributed by atoms with E-state index in [0.717, 1.165) is 43.7 Å². The summed E-state index contributed by atoms with van der Waals surface area (Å²) in [5.41, 5.74) is 7.11. The lowest BCUT2D eigenvalue weighted by Gasteiger charge is -2.35. The lowest BCUT2D eigenvalue weighted by molar-refractivity contribution is 0.0630. The van der Waals surface area contributed by atoms with E-state index in [2.05, 4.69) is 39.8 Å². The van der Waals surface area contributed by atoms with Gasteiger partial charge in [-0.1, -0.05) is 0 Å². The van der Waals surface area contributed by atoms with Crippen molar-refractivity contribution in [1.29, 1.82) is 0 Å². The van der Waals surface area contributed by atoms with Gasteiger partial charge in [0, 0.05) is 55.0 Å². The Labute approximate surface area is 134 Å². The maximum atomic E-state index is 12.5. The Morgan fingerprint density at radius 3 is 2.52 bits per heavy atom. The molecule has 0 atom stereocenters. The molecule has 116 valence electrons. The quantitative estimate of drug-likeness (QED) is 0.829. The second-order valence-corrected chi connectivity index (χ2v) is 6.53. The molecular weight excluding hydrogens is 332 g/mol. The van der Waals surface area contributed by atoms with Crippen molar-refractivity contribution in [1.82, 2.24) is 14.7 Å². The Bertz CT molecular complexity index is 498. The number of benzene rings is 1. The average Bonchev–Trinajstić information content (AvgIpc) is 2.48. The molecule has 0 radical (unpaired) electrons. The van der Waals surface area contributed by atoms with E-state index in [4.69, 9.17) is 5.73 Å². The monoisotopic (exact) mass is 354 g/mol. The third-order valence-corrected chi connectivity index (χ3v) is 4.49. The standard InChI is InChI=1S/C15H23BrN4O/c1-18(2)5-6-19-7-9-20(10-8-19)15(21)12-3-4-13(16)14(17)11-12/h3-4,11H,5-10,17H2,1-2H3. The van der Waals surface area contributed by atoms with Crippen molar-refractivity contribution in [2.75, 3.05) is 59.1 Å². The van der Waals surface area contributed by atoms with Crippen LogP contribution in [-0.2, 0) is 0 Å². The minimum absolute atomic E-state index is 0.0708. The summed E-state index contributed by atoms with van der Waals surface area (Å²) in [7, 11) is 4.16. The molecule has 2 N–H and O–H groups in total. The molecule has 0 spiro atoms. The number of nitrogens with zero attached hydrogens (tertiary/aromatic N) is 3. The first-order valence-electron chi connectivity index (χ1n) is 7.19. The summed E-state index contributed by atoms with van der Waals surface area (Å²) in [4.78, 5) is 19.0. The number of rotatable bonds is 4. The first-order valence-corrected chi connectivity index (χ1v) is 7.98. The SMILES string of the molecule is CN(C)CCN1CCN(C(=O)c2ccc(Br)c(N)c2)CC1. The summed E-state index contributed by atoms with van der Waals surface area (Å²) in [5.74, 6) is 0.0708. The van der Waals surface area contributed by atoms with E-state index in [1.54, 1.807) is 6.07 Å². The maximum Gasteiger partial charge on any atom is 0.254 e. The third kappa shape index (κ3) is 4.43. The molecule has 1 fully saturated rings. The second-order valence-electron chi connectivity index (χ2n) is 5.67. The van der Waals surface area contributed by atoms with Crippen LogP contribution >= 0.6 is 15.9 Å². The van der Waals surface area contributed by atoms with Crippen molar-refractivity contribution in [2.24, 2.45) is 0 Å². The number of amides is 1. The Balaban J connectivity index is 1.89. The number of anilines is 1. The highest BCUT2D eigenvalue weighted by Crippen LogP contribution is 2.21. The van der Waals surface area contributed by atoms with Crippen LogP contribution in [0.25, 0.3) is 0 Å². The van der Waals surface area contributed by atoms with Crippen LogP contribution in [0.3, 0.4) is 0 Å². The van der Waals surface area contributed by atoms with Crippen molar-refractivity contribution in [2.45, 2.75) is 0 Å². The molecule has 1 saturated heterocycles. The number of piperazine rings is 1. The smallest absolute Gasteiger partial charge is 0.254 e. The number of carbonyl (C=O) groups excluding carboxylic acids is 1. The second kappa shape index (κ2) is 7.24. The number of carbonyl (C=O) groups is 1. The Morgan fingerprint density at radius 1 is 1.29 bits per heavy atom. The first-order chi connectivity index (χ1) is 9.97. The summed E-state index contributed by atoms with van der Waals surface area (Å²) in [6.07, 6.45) is 0. The summed E-state index contributed by atoms with van der Waals surface area (Å²) < 4.78 is 0.826. The van der Waals surface area contributed by atoms with Gasteiger partial charge in [0.25, 0.3) is 5.91 Å². The van der Waals surface area contributed by atoms with Crippen molar-refractivity contribution >= 4 is 27.5 Å². The molecule has 1 heterocycles. The first kappa shape index (κ1) is 16.3. The van der Waals surface area contributed by atoms with Crippen molar-refractivity contribution in [3.63, 3.8) is 0 Å². The molecule has 0 saturated carbocycles. The summed E-state index contributed by atoms with van der Waals surface area (Å²) >= 11 is 3.35. The molecule has 6 heteroatoms. The van der Waals surface area contributed by atoms with Crippen LogP contribution in [-0.4, -0.2) is 74.0 Å². The highest BCUT2D eigenvalue weighted by molar-refractivity contribution is 9.10.